The number of benzene rings is 2. The van der Waals surface area contributed by atoms with Crippen LogP contribution in [0.25, 0.3) is 0 Å². The van der Waals surface area contributed by atoms with Crippen molar-refractivity contribution in [3.8, 4) is 0 Å². The first kappa shape index (κ1) is 14.2. The number of hydrogen-bond acceptors (Lipinski definition) is 2. The van der Waals surface area contributed by atoms with E-state index in [1.54, 1.807) is 0 Å². The first-order chi connectivity index (χ1) is 9.54. The molecule has 0 aromatic heterocycles. The van der Waals surface area contributed by atoms with Gasteiger partial charge in [0.2, 0.25) is 0 Å². The molecule has 5 heteroatoms. The van der Waals surface area contributed by atoms with E-state index in [0.29, 0.717) is 10.0 Å². The largest absolute Gasteiger partial charge is 0.365 e. The third-order valence-electron chi connectivity index (χ3n) is 3.50. The van der Waals surface area contributed by atoms with E-state index in [4.69, 9.17) is 28.9 Å². The average molecular weight is 372 g/mol. The molecular formula is C15H13BrCl2N2. The molecule has 0 bridgehead atoms. The van der Waals surface area contributed by atoms with Crippen LogP contribution in [0.15, 0.2) is 40.9 Å². The van der Waals surface area contributed by atoms with Crippen LogP contribution in [0.1, 0.15) is 17.2 Å². The highest BCUT2D eigenvalue weighted by Gasteiger charge is 2.26. The molecule has 0 amide bonds. The number of anilines is 1. The normalized spacial score (nSPS) is 17.4. The van der Waals surface area contributed by atoms with E-state index in [2.05, 4.69) is 33.0 Å². The molecule has 0 fully saturated rings. The predicted octanol–water partition coefficient (Wildman–Crippen LogP) is 4.78. The summed E-state index contributed by atoms with van der Waals surface area (Å²) in [5.74, 6) is 0. The second-order valence-corrected chi connectivity index (χ2v) is 6.67. The summed E-state index contributed by atoms with van der Waals surface area (Å²) in [5, 5.41) is 1.17. The van der Waals surface area contributed by atoms with Crippen molar-refractivity contribution in [2.75, 3.05) is 11.4 Å². The Morgan fingerprint density at radius 3 is 2.70 bits per heavy atom. The van der Waals surface area contributed by atoms with Crippen LogP contribution in [-0.2, 0) is 6.54 Å². The second kappa shape index (κ2) is 5.57. The van der Waals surface area contributed by atoms with Gasteiger partial charge in [-0.3, -0.25) is 0 Å². The molecule has 0 radical (unpaired) electrons. The summed E-state index contributed by atoms with van der Waals surface area (Å²) in [6.07, 6.45) is 0. The SMILES string of the molecule is N[C@H]1CN(Cc2ccc(Cl)c(Cl)c2)c2ccc(Br)cc21. The highest BCUT2D eigenvalue weighted by atomic mass is 79.9. The highest BCUT2D eigenvalue weighted by Crippen LogP contribution is 2.36. The number of nitrogens with two attached hydrogens (primary N) is 1. The molecule has 0 saturated carbocycles. The molecule has 20 heavy (non-hydrogen) atoms. The first-order valence-electron chi connectivity index (χ1n) is 6.28. The number of hydrogen-bond donors (Lipinski definition) is 1. The van der Waals surface area contributed by atoms with Crippen LogP contribution in [-0.4, -0.2) is 6.54 Å². The van der Waals surface area contributed by atoms with Crippen LogP contribution in [0.3, 0.4) is 0 Å². The Hall–Kier alpha value is -0.740. The zero-order valence-corrected chi connectivity index (χ0v) is 13.7. The second-order valence-electron chi connectivity index (χ2n) is 4.94. The molecule has 1 aliphatic heterocycles. The van der Waals surface area contributed by atoms with E-state index in [9.17, 15) is 0 Å². The number of nitrogens with zero attached hydrogens (tertiary/aromatic N) is 1. The van der Waals surface area contributed by atoms with Gasteiger partial charge in [-0.25, -0.2) is 0 Å². The summed E-state index contributed by atoms with van der Waals surface area (Å²) in [5.41, 5.74) is 9.70. The van der Waals surface area contributed by atoms with Gasteiger partial charge < -0.3 is 10.6 Å². The molecule has 2 N–H and O–H groups in total. The molecule has 0 aliphatic carbocycles. The third-order valence-corrected chi connectivity index (χ3v) is 4.74. The van der Waals surface area contributed by atoms with Gasteiger partial charge >= 0.3 is 0 Å². The van der Waals surface area contributed by atoms with Crippen molar-refractivity contribution >= 4 is 44.8 Å². The Balaban J connectivity index is 1.88. The lowest BCUT2D eigenvalue weighted by Crippen LogP contribution is -2.23. The van der Waals surface area contributed by atoms with Crippen molar-refractivity contribution < 1.29 is 0 Å². The molecule has 2 aromatic carbocycles. The molecule has 1 atom stereocenters. The van der Waals surface area contributed by atoms with Crippen molar-refractivity contribution in [2.45, 2.75) is 12.6 Å². The van der Waals surface area contributed by atoms with Gasteiger partial charge in [-0.15, -0.1) is 0 Å². The number of halogens is 3. The van der Waals surface area contributed by atoms with Gasteiger partial charge in [0.05, 0.1) is 10.0 Å². The fraction of sp³-hybridized carbons (Fsp3) is 0.200. The maximum atomic E-state index is 6.20. The minimum absolute atomic E-state index is 0.0465. The highest BCUT2D eigenvalue weighted by molar-refractivity contribution is 9.10. The topological polar surface area (TPSA) is 29.3 Å². The molecule has 0 spiro atoms. The van der Waals surface area contributed by atoms with Gasteiger partial charge in [-0.05, 0) is 41.5 Å². The smallest absolute Gasteiger partial charge is 0.0595 e. The summed E-state index contributed by atoms with van der Waals surface area (Å²) in [6.45, 7) is 1.59. The third kappa shape index (κ3) is 2.68. The summed E-state index contributed by atoms with van der Waals surface area (Å²) in [4.78, 5) is 2.27. The monoisotopic (exact) mass is 370 g/mol. The van der Waals surface area contributed by atoms with Crippen molar-refractivity contribution in [2.24, 2.45) is 5.73 Å². The van der Waals surface area contributed by atoms with E-state index < -0.39 is 0 Å². The summed E-state index contributed by atoms with van der Waals surface area (Å²) < 4.78 is 1.06. The van der Waals surface area contributed by atoms with Gasteiger partial charge in [-0.2, -0.15) is 0 Å². The molecule has 104 valence electrons. The van der Waals surface area contributed by atoms with Crippen LogP contribution >= 0.6 is 39.1 Å². The lowest BCUT2D eigenvalue weighted by atomic mass is 10.1. The molecule has 2 nitrogen and oxygen atoms in total. The number of fused-ring (bicyclic) bond motifs is 1. The Labute approximate surface area is 136 Å². The molecular weight excluding hydrogens is 359 g/mol. The van der Waals surface area contributed by atoms with Crippen molar-refractivity contribution in [1.82, 2.24) is 0 Å². The average Bonchev–Trinajstić information content (AvgIpc) is 2.70. The van der Waals surface area contributed by atoms with Crippen LogP contribution < -0.4 is 10.6 Å². The lowest BCUT2D eigenvalue weighted by molar-refractivity contribution is 0.720. The maximum absolute atomic E-state index is 6.20. The Morgan fingerprint density at radius 2 is 1.95 bits per heavy atom. The van der Waals surface area contributed by atoms with Gasteiger partial charge in [-0.1, -0.05) is 45.2 Å². The van der Waals surface area contributed by atoms with Crippen LogP contribution in [0.4, 0.5) is 5.69 Å². The van der Waals surface area contributed by atoms with Gasteiger partial charge in [0, 0.05) is 29.3 Å². The van der Waals surface area contributed by atoms with Crippen LogP contribution in [0, 0.1) is 0 Å². The standard InChI is InChI=1S/C15H13BrCl2N2/c16-10-2-4-15-11(6-10)14(19)8-20(15)7-9-1-3-12(17)13(18)5-9/h1-6,14H,7-8,19H2/t14-/m0/s1. The zero-order chi connectivity index (χ0) is 14.3. The van der Waals surface area contributed by atoms with Crippen molar-refractivity contribution in [3.05, 3.63) is 62.0 Å². The minimum Gasteiger partial charge on any atom is -0.365 e. The quantitative estimate of drug-likeness (QED) is 0.823. The van der Waals surface area contributed by atoms with E-state index in [1.807, 2.05) is 24.3 Å². The molecule has 2 aromatic rings. The van der Waals surface area contributed by atoms with Gasteiger partial charge in [0.15, 0.2) is 0 Å². The van der Waals surface area contributed by atoms with Gasteiger partial charge in [0.1, 0.15) is 0 Å². The van der Waals surface area contributed by atoms with Crippen LogP contribution in [0.2, 0.25) is 10.0 Å². The zero-order valence-electron chi connectivity index (χ0n) is 10.6. The van der Waals surface area contributed by atoms with E-state index in [-0.39, 0.29) is 6.04 Å². The number of rotatable bonds is 2. The fourth-order valence-corrected chi connectivity index (χ4v) is 3.25. The summed E-state index contributed by atoms with van der Waals surface area (Å²) in [7, 11) is 0. The van der Waals surface area contributed by atoms with Crippen molar-refractivity contribution in [1.29, 1.82) is 0 Å². The molecule has 1 aliphatic rings. The fourth-order valence-electron chi connectivity index (χ4n) is 2.55. The molecule has 1 heterocycles. The summed E-state index contributed by atoms with van der Waals surface area (Å²) >= 11 is 15.5. The summed E-state index contributed by atoms with van der Waals surface area (Å²) in [6, 6.07) is 12.0. The van der Waals surface area contributed by atoms with Gasteiger partial charge in [0.25, 0.3) is 0 Å². The Kier molecular flexibility index (Phi) is 3.95. The predicted molar refractivity (Wildman–Crippen MR) is 88.6 cm³/mol. The molecule has 0 unspecified atom stereocenters. The van der Waals surface area contributed by atoms with Crippen LogP contribution in [0.5, 0.6) is 0 Å². The van der Waals surface area contributed by atoms with E-state index in [1.165, 1.54) is 11.3 Å². The minimum atomic E-state index is 0.0465. The maximum Gasteiger partial charge on any atom is 0.0595 e. The molecule has 3 rings (SSSR count). The van der Waals surface area contributed by atoms with E-state index >= 15 is 0 Å². The molecule has 0 saturated heterocycles. The Morgan fingerprint density at radius 1 is 1.15 bits per heavy atom. The lowest BCUT2D eigenvalue weighted by Gasteiger charge is -2.20. The van der Waals surface area contributed by atoms with E-state index in [0.717, 1.165) is 23.1 Å². The van der Waals surface area contributed by atoms with Crippen molar-refractivity contribution in [3.63, 3.8) is 0 Å². The Bertz CT molecular complexity index is 660. The first-order valence-corrected chi connectivity index (χ1v) is 7.83.